The number of carbonyl (C=O) groups excluding carboxylic acids is 1. The molecule has 0 unspecified atom stereocenters. The lowest BCUT2D eigenvalue weighted by atomic mass is 10.2. The molecule has 3 aromatic rings. The highest BCUT2D eigenvalue weighted by Gasteiger charge is 2.14. The van der Waals surface area contributed by atoms with Crippen LogP contribution in [0.1, 0.15) is 21.7 Å². The summed E-state index contributed by atoms with van der Waals surface area (Å²) in [6.45, 7) is 0.320. The minimum absolute atomic E-state index is 0.320. The summed E-state index contributed by atoms with van der Waals surface area (Å²) in [5, 5.41) is 0.468. The number of ether oxygens (including phenoxy) is 1. The van der Waals surface area contributed by atoms with Crippen molar-refractivity contribution in [3.05, 3.63) is 71.2 Å². The van der Waals surface area contributed by atoms with E-state index >= 15 is 0 Å². The highest BCUT2D eigenvalue weighted by atomic mass is 32.1. The van der Waals surface area contributed by atoms with Crippen LogP contribution in [0, 0.1) is 5.82 Å². The van der Waals surface area contributed by atoms with E-state index in [0.29, 0.717) is 22.1 Å². The molecular formula is C18H15FN2O2S. The molecule has 3 rings (SSSR count). The second kappa shape index (κ2) is 7.79. The summed E-state index contributed by atoms with van der Waals surface area (Å²) in [4.78, 5) is 20.6. The topological polar surface area (TPSA) is 52.1 Å². The number of thiazole rings is 1. The van der Waals surface area contributed by atoms with E-state index < -0.39 is 5.97 Å². The normalized spacial score (nSPS) is 10.5. The molecule has 2 heterocycles. The first-order valence-electron chi connectivity index (χ1n) is 7.51. The first-order valence-corrected chi connectivity index (χ1v) is 8.32. The molecule has 0 saturated carbocycles. The number of benzene rings is 1. The van der Waals surface area contributed by atoms with Gasteiger partial charge in [0.1, 0.15) is 15.7 Å². The number of carbonyl (C=O) groups is 1. The molecule has 0 radical (unpaired) electrons. The zero-order chi connectivity index (χ0) is 16.8. The van der Waals surface area contributed by atoms with E-state index in [-0.39, 0.29) is 5.82 Å². The standard InChI is InChI=1S/C18H15FN2O2S/c19-15-8-2-1-7-14(15)17-21-12-16(24-17)18(22)23-10-4-6-13-5-3-9-20-11-13/h1-3,5,7-9,11-12H,4,6,10H2. The zero-order valence-electron chi connectivity index (χ0n) is 12.8. The van der Waals surface area contributed by atoms with Crippen molar-refractivity contribution in [2.24, 2.45) is 0 Å². The number of hydrogen-bond acceptors (Lipinski definition) is 5. The molecule has 24 heavy (non-hydrogen) atoms. The Morgan fingerprint density at radius 1 is 1.17 bits per heavy atom. The third kappa shape index (κ3) is 4.02. The van der Waals surface area contributed by atoms with Crippen LogP contribution in [0.2, 0.25) is 0 Å². The quantitative estimate of drug-likeness (QED) is 0.499. The van der Waals surface area contributed by atoms with Gasteiger partial charge in [0, 0.05) is 18.0 Å². The van der Waals surface area contributed by atoms with Gasteiger partial charge in [-0.15, -0.1) is 11.3 Å². The van der Waals surface area contributed by atoms with Crippen molar-refractivity contribution in [1.29, 1.82) is 0 Å². The largest absolute Gasteiger partial charge is 0.461 e. The van der Waals surface area contributed by atoms with Crippen LogP contribution >= 0.6 is 11.3 Å². The van der Waals surface area contributed by atoms with Crippen LogP contribution in [0.5, 0.6) is 0 Å². The fraction of sp³-hybridized carbons (Fsp3) is 0.167. The summed E-state index contributed by atoms with van der Waals surface area (Å²) in [5.74, 6) is -0.787. The summed E-state index contributed by atoms with van der Waals surface area (Å²) in [5.41, 5.74) is 1.49. The molecular weight excluding hydrogens is 327 g/mol. The molecule has 6 heteroatoms. The molecule has 0 aliphatic heterocycles. The smallest absolute Gasteiger partial charge is 0.349 e. The summed E-state index contributed by atoms with van der Waals surface area (Å²) in [7, 11) is 0. The summed E-state index contributed by atoms with van der Waals surface area (Å²) in [6.07, 6.45) is 6.46. The Balaban J connectivity index is 1.54. The summed E-state index contributed by atoms with van der Waals surface area (Å²) >= 11 is 1.13. The van der Waals surface area contributed by atoms with Crippen molar-refractivity contribution in [3.8, 4) is 10.6 Å². The first kappa shape index (κ1) is 16.3. The molecule has 0 atom stereocenters. The van der Waals surface area contributed by atoms with Crippen LogP contribution in [0.4, 0.5) is 4.39 Å². The van der Waals surface area contributed by atoms with E-state index in [2.05, 4.69) is 9.97 Å². The monoisotopic (exact) mass is 342 g/mol. The van der Waals surface area contributed by atoms with Gasteiger partial charge in [-0.3, -0.25) is 4.98 Å². The van der Waals surface area contributed by atoms with Crippen molar-refractivity contribution >= 4 is 17.3 Å². The first-order chi connectivity index (χ1) is 11.7. The Morgan fingerprint density at radius 3 is 2.83 bits per heavy atom. The Bertz CT molecular complexity index is 821. The maximum absolute atomic E-state index is 13.7. The molecule has 1 aromatic carbocycles. The Kier molecular flexibility index (Phi) is 5.28. The van der Waals surface area contributed by atoms with Crippen LogP contribution in [0.15, 0.2) is 55.0 Å². The van der Waals surface area contributed by atoms with Gasteiger partial charge >= 0.3 is 5.97 Å². The fourth-order valence-electron chi connectivity index (χ4n) is 2.19. The third-order valence-electron chi connectivity index (χ3n) is 3.38. The Morgan fingerprint density at radius 2 is 2.04 bits per heavy atom. The molecule has 4 nitrogen and oxygen atoms in total. The van der Waals surface area contributed by atoms with Crippen LogP contribution in [-0.4, -0.2) is 22.5 Å². The maximum Gasteiger partial charge on any atom is 0.349 e. The van der Waals surface area contributed by atoms with Crippen LogP contribution in [0.3, 0.4) is 0 Å². The second-order valence-electron chi connectivity index (χ2n) is 5.11. The predicted molar refractivity (Wildman–Crippen MR) is 90.3 cm³/mol. The predicted octanol–water partition coefficient (Wildman–Crippen LogP) is 4.13. The van der Waals surface area contributed by atoms with Gasteiger partial charge in [-0.05, 0) is 36.6 Å². The van der Waals surface area contributed by atoms with Crippen molar-refractivity contribution in [3.63, 3.8) is 0 Å². The average molecular weight is 342 g/mol. The maximum atomic E-state index is 13.7. The average Bonchev–Trinajstić information content (AvgIpc) is 3.10. The number of halogens is 1. The number of aryl methyl sites for hydroxylation is 1. The van der Waals surface area contributed by atoms with E-state index in [1.54, 1.807) is 30.6 Å². The number of pyridine rings is 1. The number of hydrogen-bond donors (Lipinski definition) is 0. The molecule has 0 spiro atoms. The fourth-order valence-corrected chi connectivity index (χ4v) is 3.02. The number of nitrogens with zero attached hydrogens (tertiary/aromatic N) is 2. The SMILES string of the molecule is O=C(OCCCc1cccnc1)c1cnc(-c2ccccc2F)s1. The van der Waals surface area contributed by atoms with Gasteiger partial charge in [-0.2, -0.15) is 0 Å². The van der Waals surface area contributed by atoms with Gasteiger partial charge in [0.05, 0.1) is 12.8 Å². The lowest BCUT2D eigenvalue weighted by molar-refractivity contribution is 0.0506. The van der Waals surface area contributed by atoms with Gasteiger partial charge < -0.3 is 4.74 Å². The molecule has 0 amide bonds. The van der Waals surface area contributed by atoms with Crippen molar-refractivity contribution in [2.45, 2.75) is 12.8 Å². The van der Waals surface area contributed by atoms with Crippen molar-refractivity contribution in [2.75, 3.05) is 6.61 Å². The van der Waals surface area contributed by atoms with Crippen molar-refractivity contribution < 1.29 is 13.9 Å². The van der Waals surface area contributed by atoms with Gasteiger partial charge in [0.2, 0.25) is 0 Å². The zero-order valence-corrected chi connectivity index (χ0v) is 13.6. The van der Waals surface area contributed by atoms with E-state index in [4.69, 9.17) is 4.74 Å². The molecule has 122 valence electrons. The van der Waals surface area contributed by atoms with E-state index in [0.717, 1.165) is 29.7 Å². The molecule has 0 bridgehead atoms. The number of esters is 1. The van der Waals surface area contributed by atoms with Crippen LogP contribution in [0.25, 0.3) is 10.6 Å². The molecule has 0 N–H and O–H groups in total. The highest BCUT2D eigenvalue weighted by molar-refractivity contribution is 7.16. The third-order valence-corrected chi connectivity index (χ3v) is 4.39. The van der Waals surface area contributed by atoms with Gasteiger partial charge in [0.15, 0.2) is 0 Å². The summed E-state index contributed by atoms with van der Waals surface area (Å²) < 4.78 is 19.0. The lowest BCUT2D eigenvalue weighted by Crippen LogP contribution is -2.05. The molecule has 0 aliphatic rings. The molecule has 2 aromatic heterocycles. The molecule has 0 aliphatic carbocycles. The van der Waals surface area contributed by atoms with Gasteiger partial charge in [-0.1, -0.05) is 18.2 Å². The van der Waals surface area contributed by atoms with Crippen LogP contribution in [-0.2, 0) is 11.2 Å². The Hall–Kier alpha value is -2.60. The second-order valence-corrected chi connectivity index (χ2v) is 6.14. The number of rotatable bonds is 6. The van der Waals surface area contributed by atoms with E-state index in [1.807, 2.05) is 12.1 Å². The molecule has 0 saturated heterocycles. The van der Waals surface area contributed by atoms with E-state index in [1.165, 1.54) is 12.3 Å². The lowest BCUT2D eigenvalue weighted by Gasteiger charge is -2.03. The Labute approximate surface area is 143 Å². The minimum atomic E-state index is -0.429. The van der Waals surface area contributed by atoms with Gasteiger partial charge in [-0.25, -0.2) is 14.2 Å². The molecule has 0 fully saturated rings. The van der Waals surface area contributed by atoms with Crippen LogP contribution < -0.4 is 0 Å². The number of aromatic nitrogens is 2. The highest BCUT2D eigenvalue weighted by Crippen LogP contribution is 2.27. The van der Waals surface area contributed by atoms with Gasteiger partial charge in [0.25, 0.3) is 0 Å². The van der Waals surface area contributed by atoms with E-state index in [9.17, 15) is 9.18 Å². The van der Waals surface area contributed by atoms with Crippen molar-refractivity contribution in [1.82, 2.24) is 9.97 Å². The summed E-state index contributed by atoms with van der Waals surface area (Å²) in [6, 6.07) is 10.2. The minimum Gasteiger partial charge on any atom is -0.461 e.